The Morgan fingerprint density at radius 1 is 1.16 bits per heavy atom. The molecule has 2 N–H and O–H groups in total. The fourth-order valence-electron chi connectivity index (χ4n) is 4.33. The van der Waals surface area contributed by atoms with Crippen LogP contribution in [0.4, 0.5) is 5.69 Å². The first kappa shape index (κ1) is 20.8. The number of H-pyrrole nitrogens is 1. The van der Waals surface area contributed by atoms with Crippen molar-refractivity contribution in [1.82, 2.24) is 15.1 Å². The van der Waals surface area contributed by atoms with Gasteiger partial charge in [-0.1, -0.05) is 11.6 Å². The van der Waals surface area contributed by atoms with Crippen LogP contribution < -0.4 is 4.72 Å². The molecule has 2 aromatic heterocycles. The van der Waals surface area contributed by atoms with Crippen LogP contribution in [0.1, 0.15) is 30.0 Å². The predicted molar refractivity (Wildman–Crippen MR) is 128 cm³/mol. The molecule has 1 fully saturated rings. The zero-order valence-electron chi connectivity index (χ0n) is 17.3. The number of anilines is 1. The van der Waals surface area contributed by atoms with Crippen molar-refractivity contribution in [3.63, 3.8) is 0 Å². The van der Waals surface area contributed by atoms with Crippen molar-refractivity contribution in [2.75, 3.05) is 24.9 Å². The smallest absolute Gasteiger partial charge is 0.271 e. The summed E-state index contributed by atoms with van der Waals surface area (Å²) in [5.41, 5.74) is 3.20. The monoisotopic (exact) mass is 474 g/mol. The highest BCUT2D eigenvalue weighted by molar-refractivity contribution is 7.94. The van der Waals surface area contributed by atoms with Crippen LogP contribution in [0.25, 0.3) is 21.0 Å². The lowest BCUT2D eigenvalue weighted by Crippen LogP contribution is -2.29. The van der Waals surface area contributed by atoms with Crippen LogP contribution in [-0.4, -0.2) is 43.7 Å². The fraction of sp³-hybridized carbons (Fsp3) is 0.318. The zero-order chi connectivity index (χ0) is 21.8. The van der Waals surface area contributed by atoms with E-state index in [4.69, 9.17) is 11.6 Å². The first-order valence-electron chi connectivity index (χ1n) is 10.2. The molecule has 0 unspecified atom stereocenters. The molecule has 1 aliphatic rings. The number of piperidine rings is 1. The topological polar surface area (TPSA) is 78.1 Å². The second-order valence-corrected chi connectivity index (χ2v) is 11.6. The number of thiophene rings is 1. The van der Waals surface area contributed by atoms with Gasteiger partial charge in [0.05, 0.1) is 5.52 Å². The number of hydrogen-bond donors (Lipinski definition) is 2. The molecule has 4 aromatic rings. The van der Waals surface area contributed by atoms with Crippen LogP contribution in [0.2, 0.25) is 5.02 Å². The van der Waals surface area contributed by atoms with Gasteiger partial charge in [0.1, 0.15) is 4.21 Å². The van der Waals surface area contributed by atoms with Crippen molar-refractivity contribution in [1.29, 1.82) is 0 Å². The Morgan fingerprint density at radius 2 is 1.94 bits per heavy atom. The molecule has 0 bridgehead atoms. The number of aromatic nitrogens is 2. The van der Waals surface area contributed by atoms with E-state index in [-0.39, 0.29) is 0 Å². The van der Waals surface area contributed by atoms with Crippen LogP contribution in [-0.2, 0) is 10.0 Å². The number of sulfonamides is 1. The summed E-state index contributed by atoms with van der Waals surface area (Å²) in [6.07, 6.45) is 2.13. The molecule has 0 spiro atoms. The van der Waals surface area contributed by atoms with Crippen LogP contribution in [0.15, 0.2) is 40.6 Å². The number of rotatable bonds is 4. The minimum Gasteiger partial charge on any atom is -0.306 e. The van der Waals surface area contributed by atoms with Gasteiger partial charge in [0.25, 0.3) is 10.0 Å². The lowest BCUT2D eigenvalue weighted by Gasteiger charge is -2.28. The van der Waals surface area contributed by atoms with Crippen molar-refractivity contribution in [2.45, 2.75) is 29.9 Å². The summed E-state index contributed by atoms with van der Waals surface area (Å²) in [7, 11) is -1.59. The normalized spacial score (nSPS) is 16.4. The Kier molecular flexibility index (Phi) is 5.21. The SMILES string of the molecule is Cc1c(S(=O)(=O)Nc2ccc3n[nH]c(C4CCN(C)CC4)c3c2)sc2ccc(Cl)cc12. The molecular formula is C22H23ClN4O2S2. The number of likely N-dealkylation sites (tertiary alicyclic amines) is 1. The molecule has 31 heavy (non-hydrogen) atoms. The van der Waals surface area contributed by atoms with Gasteiger partial charge in [-0.05, 0) is 87.3 Å². The summed E-state index contributed by atoms with van der Waals surface area (Å²) in [5.74, 6) is 0.405. The Balaban J connectivity index is 1.49. The van der Waals surface area contributed by atoms with E-state index in [1.165, 1.54) is 11.3 Å². The largest absolute Gasteiger partial charge is 0.306 e. The first-order valence-corrected chi connectivity index (χ1v) is 12.9. The predicted octanol–water partition coefficient (Wildman–Crippen LogP) is 5.35. The molecule has 6 nitrogen and oxygen atoms in total. The summed E-state index contributed by atoms with van der Waals surface area (Å²) in [6, 6.07) is 11.0. The maximum Gasteiger partial charge on any atom is 0.271 e. The molecule has 0 amide bonds. The number of aryl methyl sites for hydroxylation is 1. The van der Waals surface area contributed by atoms with Crippen LogP contribution in [0.3, 0.4) is 0 Å². The average Bonchev–Trinajstić information content (AvgIpc) is 3.30. The van der Waals surface area contributed by atoms with Crippen molar-refractivity contribution in [3.05, 3.63) is 52.7 Å². The third-order valence-corrected chi connectivity index (χ3v) is 9.57. The average molecular weight is 475 g/mol. The maximum absolute atomic E-state index is 13.2. The standard InChI is InChI=1S/C22H23ClN4O2S2/c1-13-17-11-15(23)3-6-20(17)30-22(13)31(28,29)26-16-4-5-19-18(12-16)21(25-24-19)14-7-9-27(2)10-8-14/h3-6,11-12,14,26H,7-10H2,1-2H3,(H,24,25). The Hall–Kier alpha value is -2.13. The lowest BCUT2D eigenvalue weighted by atomic mass is 9.92. The zero-order valence-corrected chi connectivity index (χ0v) is 19.7. The molecule has 0 aliphatic carbocycles. The molecule has 9 heteroatoms. The van der Waals surface area contributed by atoms with Gasteiger partial charge in [0.15, 0.2) is 0 Å². The van der Waals surface area contributed by atoms with Crippen LogP contribution in [0, 0.1) is 6.92 Å². The highest BCUT2D eigenvalue weighted by Gasteiger charge is 2.24. The quantitative estimate of drug-likeness (QED) is 0.418. The number of halogens is 1. The lowest BCUT2D eigenvalue weighted by molar-refractivity contribution is 0.254. The second kappa shape index (κ2) is 7.78. The Bertz CT molecular complexity index is 1390. The first-order chi connectivity index (χ1) is 14.8. The summed E-state index contributed by atoms with van der Waals surface area (Å²) in [5, 5.41) is 10.1. The van der Waals surface area contributed by atoms with Crippen molar-refractivity contribution in [3.8, 4) is 0 Å². The van der Waals surface area contributed by atoms with E-state index in [1.54, 1.807) is 12.1 Å². The highest BCUT2D eigenvalue weighted by atomic mass is 35.5. The molecule has 162 valence electrons. The van der Waals surface area contributed by atoms with Gasteiger partial charge in [-0.3, -0.25) is 9.82 Å². The van der Waals surface area contributed by atoms with Gasteiger partial charge in [-0.25, -0.2) is 8.42 Å². The number of nitrogens with one attached hydrogen (secondary N) is 2. The second-order valence-electron chi connectivity index (χ2n) is 8.21. The molecule has 1 saturated heterocycles. The number of aromatic amines is 1. The molecule has 5 rings (SSSR count). The number of fused-ring (bicyclic) bond motifs is 2. The van der Waals surface area contributed by atoms with Gasteiger partial charge in [0, 0.05) is 32.4 Å². The number of hydrogen-bond acceptors (Lipinski definition) is 5. The highest BCUT2D eigenvalue weighted by Crippen LogP contribution is 2.37. The van der Waals surface area contributed by atoms with E-state index >= 15 is 0 Å². The molecule has 0 atom stereocenters. The minimum atomic E-state index is -3.73. The van der Waals surface area contributed by atoms with Crippen molar-refractivity contribution >= 4 is 59.6 Å². The van der Waals surface area contributed by atoms with E-state index in [0.29, 0.717) is 26.4 Å². The van der Waals surface area contributed by atoms with E-state index in [0.717, 1.165) is 52.6 Å². The van der Waals surface area contributed by atoms with Gasteiger partial charge < -0.3 is 4.90 Å². The van der Waals surface area contributed by atoms with Gasteiger partial charge >= 0.3 is 0 Å². The maximum atomic E-state index is 13.2. The minimum absolute atomic E-state index is 0.313. The summed E-state index contributed by atoms with van der Waals surface area (Å²) >= 11 is 7.36. The molecule has 0 radical (unpaired) electrons. The van der Waals surface area contributed by atoms with Gasteiger partial charge in [0.2, 0.25) is 0 Å². The third-order valence-electron chi connectivity index (χ3n) is 6.06. The number of nitrogens with zero attached hydrogens (tertiary/aromatic N) is 2. The van der Waals surface area contributed by atoms with E-state index in [9.17, 15) is 8.42 Å². The molecule has 2 aromatic carbocycles. The van der Waals surface area contributed by atoms with E-state index < -0.39 is 10.0 Å². The Labute approximate surface area is 190 Å². The van der Waals surface area contributed by atoms with E-state index in [1.807, 2.05) is 31.2 Å². The number of benzene rings is 2. The third kappa shape index (κ3) is 3.82. The van der Waals surface area contributed by atoms with Crippen molar-refractivity contribution < 1.29 is 8.42 Å². The van der Waals surface area contributed by atoms with Gasteiger partial charge in [-0.2, -0.15) is 5.10 Å². The fourth-order valence-corrected chi connectivity index (χ4v) is 7.30. The molecule has 0 saturated carbocycles. The molecular weight excluding hydrogens is 452 g/mol. The van der Waals surface area contributed by atoms with E-state index in [2.05, 4.69) is 26.9 Å². The van der Waals surface area contributed by atoms with Crippen LogP contribution in [0.5, 0.6) is 0 Å². The Morgan fingerprint density at radius 3 is 2.71 bits per heavy atom. The molecule has 3 heterocycles. The summed E-state index contributed by atoms with van der Waals surface area (Å²) in [4.78, 5) is 2.33. The molecule has 1 aliphatic heterocycles. The van der Waals surface area contributed by atoms with Crippen molar-refractivity contribution in [2.24, 2.45) is 0 Å². The van der Waals surface area contributed by atoms with Gasteiger partial charge in [-0.15, -0.1) is 11.3 Å². The summed E-state index contributed by atoms with van der Waals surface area (Å²) in [6.45, 7) is 3.92. The summed E-state index contributed by atoms with van der Waals surface area (Å²) < 4.78 is 30.4. The van der Waals surface area contributed by atoms with Crippen LogP contribution >= 0.6 is 22.9 Å².